The molecule has 130 valence electrons. The summed E-state index contributed by atoms with van der Waals surface area (Å²) in [7, 11) is 0. The third-order valence-corrected chi connectivity index (χ3v) is 3.92. The first-order valence-corrected chi connectivity index (χ1v) is 8.11. The summed E-state index contributed by atoms with van der Waals surface area (Å²) in [4.78, 5) is 12.3. The number of benzene rings is 1. The standard InChI is InChI=1S/C18H23ClN2O3/c1-17(2,3)21-16(22)15(19)14(10-20-21)24-11-12-6-8-13(9-7-12)18(4,5)23/h6-10,23H,11H2,1-5H3. The molecule has 0 radical (unpaired) electrons. The fourth-order valence-electron chi connectivity index (χ4n) is 2.17. The molecule has 2 rings (SSSR count). The van der Waals surface area contributed by atoms with E-state index in [1.165, 1.54) is 10.9 Å². The van der Waals surface area contributed by atoms with E-state index in [0.717, 1.165) is 11.1 Å². The third-order valence-electron chi connectivity index (χ3n) is 3.58. The van der Waals surface area contributed by atoms with Gasteiger partial charge in [0.05, 0.1) is 17.3 Å². The van der Waals surface area contributed by atoms with E-state index < -0.39 is 11.1 Å². The van der Waals surface area contributed by atoms with Gasteiger partial charge in [0.2, 0.25) is 0 Å². The van der Waals surface area contributed by atoms with Gasteiger partial charge in [0, 0.05) is 0 Å². The molecule has 0 bridgehead atoms. The van der Waals surface area contributed by atoms with Crippen LogP contribution >= 0.6 is 11.6 Å². The highest BCUT2D eigenvalue weighted by Crippen LogP contribution is 2.23. The largest absolute Gasteiger partial charge is 0.485 e. The predicted molar refractivity (Wildman–Crippen MR) is 94.5 cm³/mol. The van der Waals surface area contributed by atoms with Gasteiger partial charge in [0.15, 0.2) is 10.8 Å². The first-order chi connectivity index (χ1) is 11.0. The summed E-state index contributed by atoms with van der Waals surface area (Å²) in [5.74, 6) is 0.258. The zero-order chi connectivity index (χ0) is 18.1. The molecule has 2 aromatic rings. The maximum absolute atomic E-state index is 12.3. The SMILES string of the molecule is CC(C)(O)c1ccc(COc2cnn(C(C)(C)C)c(=O)c2Cl)cc1. The molecule has 0 aliphatic carbocycles. The molecule has 5 nitrogen and oxygen atoms in total. The van der Waals surface area contributed by atoms with Gasteiger partial charge in [-0.1, -0.05) is 35.9 Å². The lowest BCUT2D eigenvalue weighted by atomic mass is 9.97. The average molecular weight is 351 g/mol. The molecule has 0 aliphatic heterocycles. The fourth-order valence-corrected chi connectivity index (χ4v) is 2.35. The van der Waals surface area contributed by atoms with Crippen molar-refractivity contribution in [3.05, 3.63) is 57.0 Å². The molecule has 0 saturated carbocycles. The Balaban J connectivity index is 2.16. The Morgan fingerprint density at radius 3 is 2.25 bits per heavy atom. The van der Waals surface area contributed by atoms with Gasteiger partial charge in [0.1, 0.15) is 6.61 Å². The zero-order valence-electron chi connectivity index (χ0n) is 14.6. The molecule has 1 heterocycles. The van der Waals surface area contributed by atoms with E-state index >= 15 is 0 Å². The lowest BCUT2D eigenvalue weighted by Crippen LogP contribution is -2.36. The second kappa shape index (κ2) is 6.57. The average Bonchev–Trinajstić information content (AvgIpc) is 2.47. The molecule has 1 N–H and O–H groups in total. The molecule has 24 heavy (non-hydrogen) atoms. The normalized spacial score (nSPS) is 12.3. The Morgan fingerprint density at radius 2 is 1.75 bits per heavy atom. The molecule has 0 saturated heterocycles. The number of ether oxygens (including phenoxy) is 1. The highest BCUT2D eigenvalue weighted by molar-refractivity contribution is 6.31. The maximum Gasteiger partial charge on any atom is 0.289 e. The summed E-state index contributed by atoms with van der Waals surface area (Å²) in [6.07, 6.45) is 1.46. The molecular weight excluding hydrogens is 328 g/mol. The van der Waals surface area contributed by atoms with E-state index in [4.69, 9.17) is 16.3 Å². The van der Waals surface area contributed by atoms with Crippen LogP contribution in [0.3, 0.4) is 0 Å². The molecule has 0 aliphatic rings. The van der Waals surface area contributed by atoms with E-state index in [0.29, 0.717) is 0 Å². The van der Waals surface area contributed by atoms with Crippen LogP contribution in [0.15, 0.2) is 35.3 Å². The van der Waals surface area contributed by atoms with E-state index in [2.05, 4.69) is 5.10 Å². The maximum atomic E-state index is 12.3. The first-order valence-electron chi connectivity index (χ1n) is 7.73. The Morgan fingerprint density at radius 1 is 1.17 bits per heavy atom. The van der Waals surface area contributed by atoms with Gasteiger partial charge in [-0.3, -0.25) is 4.79 Å². The Labute approximate surface area is 146 Å². The Hall–Kier alpha value is -1.85. The van der Waals surface area contributed by atoms with Gasteiger partial charge in [-0.25, -0.2) is 4.68 Å². The fraction of sp³-hybridized carbons (Fsp3) is 0.444. The Kier molecular flexibility index (Phi) is 5.06. The molecule has 0 spiro atoms. The summed E-state index contributed by atoms with van der Waals surface area (Å²) in [6.45, 7) is 9.35. The van der Waals surface area contributed by atoms with Gasteiger partial charge >= 0.3 is 0 Å². The molecule has 0 atom stereocenters. The van der Waals surface area contributed by atoms with Crippen molar-refractivity contribution >= 4 is 11.6 Å². The van der Waals surface area contributed by atoms with Crippen LogP contribution in [0.2, 0.25) is 5.02 Å². The van der Waals surface area contributed by atoms with Crippen LogP contribution < -0.4 is 10.3 Å². The number of aliphatic hydroxyl groups is 1. The van der Waals surface area contributed by atoms with Crippen molar-refractivity contribution in [3.63, 3.8) is 0 Å². The number of rotatable bonds is 4. The molecule has 1 aromatic carbocycles. The van der Waals surface area contributed by atoms with Crippen molar-refractivity contribution in [2.75, 3.05) is 0 Å². The minimum absolute atomic E-state index is 0.0213. The lowest BCUT2D eigenvalue weighted by molar-refractivity contribution is 0.0785. The summed E-state index contributed by atoms with van der Waals surface area (Å²) in [5, 5.41) is 14.1. The van der Waals surface area contributed by atoms with E-state index in [9.17, 15) is 9.90 Å². The van der Waals surface area contributed by atoms with Gasteiger partial charge < -0.3 is 9.84 Å². The smallest absolute Gasteiger partial charge is 0.289 e. The molecule has 0 unspecified atom stereocenters. The molecule has 1 aromatic heterocycles. The van der Waals surface area contributed by atoms with Crippen LogP contribution in [-0.2, 0) is 17.7 Å². The van der Waals surface area contributed by atoms with Crippen molar-refractivity contribution < 1.29 is 9.84 Å². The summed E-state index contributed by atoms with van der Waals surface area (Å²) >= 11 is 6.12. The van der Waals surface area contributed by atoms with E-state index in [1.54, 1.807) is 13.8 Å². The molecule has 6 heteroatoms. The van der Waals surface area contributed by atoms with Crippen LogP contribution in [0.4, 0.5) is 0 Å². The van der Waals surface area contributed by atoms with Crippen LogP contribution in [-0.4, -0.2) is 14.9 Å². The summed E-state index contributed by atoms with van der Waals surface area (Å²) < 4.78 is 6.96. The Bertz CT molecular complexity index is 769. The lowest BCUT2D eigenvalue weighted by Gasteiger charge is -2.21. The zero-order valence-corrected chi connectivity index (χ0v) is 15.4. The van der Waals surface area contributed by atoms with Crippen LogP contribution in [0.25, 0.3) is 0 Å². The number of nitrogens with zero attached hydrogens (tertiary/aromatic N) is 2. The van der Waals surface area contributed by atoms with Crippen molar-refractivity contribution in [2.45, 2.75) is 52.4 Å². The highest BCUT2D eigenvalue weighted by Gasteiger charge is 2.20. The van der Waals surface area contributed by atoms with Crippen molar-refractivity contribution in [3.8, 4) is 5.75 Å². The van der Waals surface area contributed by atoms with Crippen molar-refractivity contribution in [2.24, 2.45) is 0 Å². The summed E-state index contributed by atoms with van der Waals surface area (Å²) in [5.41, 5.74) is 0.00725. The monoisotopic (exact) mass is 350 g/mol. The van der Waals surface area contributed by atoms with E-state index in [1.807, 2.05) is 45.0 Å². The van der Waals surface area contributed by atoms with Gasteiger partial charge in [-0.05, 0) is 45.7 Å². The van der Waals surface area contributed by atoms with Gasteiger partial charge in [-0.2, -0.15) is 5.10 Å². The third kappa shape index (κ3) is 4.16. The van der Waals surface area contributed by atoms with Crippen LogP contribution in [0.1, 0.15) is 45.7 Å². The quantitative estimate of drug-likeness (QED) is 0.917. The molecular formula is C18H23ClN2O3. The number of hydrogen-bond acceptors (Lipinski definition) is 4. The van der Waals surface area contributed by atoms with Gasteiger partial charge in [0.25, 0.3) is 5.56 Å². The number of aromatic nitrogens is 2. The second-order valence-electron chi connectivity index (χ2n) is 7.26. The minimum Gasteiger partial charge on any atom is -0.485 e. The number of halogens is 1. The second-order valence-corrected chi connectivity index (χ2v) is 7.63. The topological polar surface area (TPSA) is 64.3 Å². The summed E-state index contributed by atoms with van der Waals surface area (Å²) in [6, 6.07) is 7.42. The van der Waals surface area contributed by atoms with Crippen LogP contribution in [0.5, 0.6) is 5.75 Å². The predicted octanol–water partition coefficient (Wildman–Crippen LogP) is 3.46. The molecule has 0 amide bonds. The first kappa shape index (κ1) is 18.5. The van der Waals surface area contributed by atoms with Gasteiger partial charge in [-0.15, -0.1) is 0 Å². The highest BCUT2D eigenvalue weighted by atomic mass is 35.5. The van der Waals surface area contributed by atoms with Crippen molar-refractivity contribution in [1.29, 1.82) is 0 Å². The van der Waals surface area contributed by atoms with Crippen molar-refractivity contribution in [1.82, 2.24) is 9.78 Å². The van der Waals surface area contributed by atoms with E-state index in [-0.39, 0.29) is 22.9 Å². The number of hydrogen-bond donors (Lipinski definition) is 1. The minimum atomic E-state index is -0.885. The van der Waals surface area contributed by atoms with Crippen LogP contribution in [0, 0.1) is 0 Å². The molecule has 0 fully saturated rings.